The molecule has 0 spiro atoms. The van der Waals surface area contributed by atoms with Gasteiger partial charge in [-0.1, -0.05) is 49.2 Å². The van der Waals surface area contributed by atoms with Crippen molar-refractivity contribution >= 4 is 40.8 Å². The zero-order chi connectivity index (χ0) is 23.9. The largest absolute Gasteiger partial charge is 0.490 e. The Morgan fingerprint density at radius 2 is 1.62 bits per heavy atom. The highest BCUT2D eigenvalue weighted by molar-refractivity contribution is 6.37. The van der Waals surface area contributed by atoms with E-state index in [1.807, 2.05) is 26.0 Å². The Hall–Kier alpha value is -1.70. The number of ether oxygens (including phenoxy) is 3. The normalized spacial score (nSPS) is 13.4. The van der Waals surface area contributed by atoms with Crippen molar-refractivity contribution in [2.45, 2.75) is 38.4 Å². The van der Waals surface area contributed by atoms with Gasteiger partial charge >= 0.3 is 5.97 Å². The van der Waals surface area contributed by atoms with E-state index in [2.05, 4.69) is 0 Å². The quantitative estimate of drug-likeness (QED) is 0.343. The third-order valence-corrected chi connectivity index (χ3v) is 5.78. The lowest BCUT2D eigenvalue weighted by Crippen LogP contribution is -2.27. The molecule has 0 bridgehead atoms. The third kappa shape index (κ3) is 7.15. The molecule has 2 atom stereocenters. The minimum Gasteiger partial charge on any atom is -0.490 e. The molecular weight excluding hydrogens is 479 g/mol. The van der Waals surface area contributed by atoms with E-state index in [1.54, 1.807) is 24.3 Å². The number of aliphatic hydroxyl groups is 2. The molecule has 0 aromatic heterocycles. The summed E-state index contributed by atoms with van der Waals surface area (Å²) in [5.41, 5.74) is 1.43. The number of aliphatic hydroxyl groups excluding tert-OH is 2. The number of rotatable bonds is 11. The van der Waals surface area contributed by atoms with Crippen LogP contribution < -0.4 is 9.47 Å². The highest BCUT2D eigenvalue weighted by atomic mass is 35.5. The Labute approximate surface area is 203 Å². The van der Waals surface area contributed by atoms with Crippen LogP contribution in [-0.4, -0.2) is 54.1 Å². The molecule has 32 heavy (non-hydrogen) atoms. The number of alkyl halides is 1. The van der Waals surface area contributed by atoms with Gasteiger partial charge < -0.3 is 24.4 Å². The van der Waals surface area contributed by atoms with E-state index < -0.39 is 23.6 Å². The summed E-state index contributed by atoms with van der Waals surface area (Å²) >= 11 is 18.4. The summed E-state index contributed by atoms with van der Waals surface area (Å²) in [7, 11) is 0. The molecule has 2 N–H and O–H groups in total. The van der Waals surface area contributed by atoms with Gasteiger partial charge in [0, 0.05) is 12.3 Å². The summed E-state index contributed by atoms with van der Waals surface area (Å²) in [4.78, 5) is 11.0. The summed E-state index contributed by atoms with van der Waals surface area (Å²) < 4.78 is 16.1. The molecule has 0 amide bonds. The second-order valence-corrected chi connectivity index (χ2v) is 8.89. The number of carbonyl (C=O) groups excluding carboxylic acids is 1. The van der Waals surface area contributed by atoms with Gasteiger partial charge in [-0.15, -0.1) is 11.6 Å². The molecule has 6 nitrogen and oxygen atoms in total. The van der Waals surface area contributed by atoms with E-state index in [9.17, 15) is 15.0 Å². The van der Waals surface area contributed by atoms with Gasteiger partial charge in [-0.05, 0) is 35.4 Å². The predicted octanol–water partition coefficient (Wildman–Crippen LogP) is 4.60. The molecule has 0 heterocycles. The number of hydrogen-bond acceptors (Lipinski definition) is 6. The molecular formula is C23H27Cl3O6. The molecule has 2 aromatic rings. The van der Waals surface area contributed by atoms with Gasteiger partial charge in [0.1, 0.15) is 25.1 Å². The summed E-state index contributed by atoms with van der Waals surface area (Å²) in [5.74, 6) is 0.443. The van der Waals surface area contributed by atoms with Gasteiger partial charge in [0.2, 0.25) is 0 Å². The summed E-state index contributed by atoms with van der Waals surface area (Å²) in [6.07, 6.45) is -1.54. The van der Waals surface area contributed by atoms with Crippen molar-refractivity contribution in [2.75, 3.05) is 25.7 Å². The molecule has 0 saturated carbocycles. The summed E-state index contributed by atoms with van der Waals surface area (Å²) in [5, 5.41) is 19.5. The molecule has 2 rings (SSSR count). The average molecular weight is 506 g/mol. The van der Waals surface area contributed by atoms with Crippen LogP contribution >= 0.6 is 34.8 Å². The fourth-order valence-electron chi connectivity index (χ4n) is 2.97. The SMILES string of the molecule is CC(=O)O[C@@H](CO)COc1ccc(C(C)(C)c2cc(Cl)c(OC[C@H](O)CCl)c(Cl)c2)cc1. The first kappa shape index (κ1) is 26.6. The van der Waals surface area contributed by atoms with Crippen LogP contribution in [0.1, 0.15) is 31.9 Å². The maximum absolute atomic E-state index is 11.0. The molecule has 9 heteroatoms. The topological polar surface area (TPSA) is 85.2 Å². The van der Waals surface area contributed by atoms with E-state index in [0.29, 0.717) is 21.5 Å². The second kappa shape index (κ2) is 12.0. The smallest absolute Gasteiger partial charge is 0.303 e. The minimum atomic E-state index is -0.817. The van der Waals surface area contributed by atoms with Crippen molar-refractivity contribution in [1.29, 1.82) is 0 Å². The minimum absolute atomic E-state index is 0.0122. The molecule has 0 saturated heterocycles. The zero-order valence-electron chi connectivity index (χ0n) is 18.1. The number of carbonyl (C=O) groups is 1. The van der Waals surface area contributed by atoms with Crippen LogP contribution in [0, 0.1) is 0 Å². The summed E-state index contributed by atoms with van der Waals surface area (Å²) in [6, 6.07) is 11.0. The molecule has 0 unspecified atom stereocenters. The predicted molar refractivity (Wildman–Crippen MR) is 125 cm³/mol. The second-order valence-electron chi connectivity index (χ2n) is 7.76. The average Bonchev–Trinajstić information content (AvgIpc) is 2.75. The number of halogens is 3. The number of hydrogen-bond donors (Lipinski definition) is 2. The van der Waals surface area contributed by atoms with E-state index in [4.69, 9.17) is 49.0 Å². The fraction of sp³-hybridized carbons (Fsp3) is 0.435. The number of benzene rings is 2. The first-order valence-electron chi connectivity index (χ1n) is 9.96. The molecule has 176 valence electrons. The standard InChI is InChI=1S/C23H27Cl3O6/c1-14(28)32-19(11-27)13-30-18-6-4-15(5-7-18)23(2,3)16-8-20(25)22(21(26)9-16)31-12-17(29)10-24/h4-9,17,19,27,29H,10-13H2,1-3H3/t17-,19+/m1/s1. The van der Waals surface area contributed by atoms with Crippen LogP contribution in [0.25, 0.3) is 0 Å². The van der Waals surface area contributed by atoms with Gasteiger partial charge in [-0.3, -0.25) is 4.79 Å². The maximum Gasteiger partial charge on any atom is 0.303 e. The van der Waals surface area contributed by atoms with Gasteiger partial charge in [-0.2, -0.15) is 0 Å². The third-order valence-electron chi connectivity index (χ3n) is 4.87. The Morgan fingerprint density at radius 1 is 1.03 bits per heavy atom. The lowest BCUT2D eigenvalue weighted by Gasteiger charge is -2.27. The molecule has 0 aliphatic rings. The van der Waals surface area contributed by atoms with Crippen LogP contribution in [0.15, 0.2) is 36.4 Å². The van der Waals surface area contributed by atoms with Crippen LogP contribution in [0.3, 0.4) is 0 Å². The monoisotopic (exact) mass is 504 g/mol. The first-order valence-corrected chi connectivity index (χ1v) is 11.2. The van der Waals surface area contributed by atoms with Crippen LogP contribution in [0.2, 0.25) is 10.0 Å². The van der Waals surface area contributed by atoms with Gasteiger partial charge in [0.05, 0.1) is 22.5 Å². The van der Waals surface area contributed by atoms with Crippen molar-refractivity contribution in [1.82, 2.24) is 0 Å². The van der Waals surface area contributed by atoms with Crippen molar-refractivity contribution in [3.05, 3.63) is 57.6 Å². The highest BCUT2D eigenvalue weighted by Crippen LogP contribution is 2.40. The molecule has 0 fully saturated rings. The first-order chi connectivity index (χ1) is 15.1. The Balaban J connectivity index is 2.14. The Kier molecular flexibility index (Phi) is 9.92. The van der Waals surface area contributed by atoms with Gasteiger partial charge in [-0.25, -0.2) is 0 Å². The van der Waals surface area contributed by atoms with E-state index in [-0.39, 0.29) is 25.7 Å². The van der Waals surface area contributed by atoms with Crippen LogP contribution in [0.4, 0.5) is 0 Å². The molecule has 2 aromatic carbocycles. The lowest BCUT2D eigenvalue weighted by molar-refractivity contribution is -0.150. The van der Waals surface area contributed by atoms with Crippen LogP contribution in [-0.2, 0) is 14.9 Å². The fourth-order valence-corrected chi connectivity index (χ4v) is 3.65. The molecule has 0 aliphatic heterocycles. The lowest BCUT2D eigenvalue weighted by atomic mass is 9.78. The Bertz CT molecular complexity index is 878. The van der Waals surface area contributed by atoms with E-state index >= 15 is 0 Å². The maximum atomic E-state index is 11.0. The van der Waals surface area contributed by atoms with Crippen molar-refractivity contribution in [3.8, 4) is 11.5 Å². The Morgan fingerprint density at radius 3 is 2.12 bits per heavy atom. The highest BCUT2D eigenvalue weighted by Gasteiger charge is 2.26. The molecule has 0 aliphatic carbocycles. The van der Waals surface area contributed by atoms with E-state index in [1.165, 1.54) is 6.92 Å². The van der Waals surface area contributed by atoms with Gasteiger partial charge in [0.15, 0.2) is 11.9 Å². The van der Waals surface area contributed by atoms with Crippen molar-refractivity contribution < 1.29 is 29.2 Å². The van der Waals surface area contributed by atoms with Crippen molar-refractivity contribution in [3.63, 3.8) is 0 Å². The zero-order valence-corrected chi connectivity index (χ0v) is 20.4. The van der Waals surface area contributed by atoms with E-state index in [0.717, 1.165) is 11.1 Å². The molecule has 0 radical (unpaired) electrons. The number of esters is 1. The summed E-state index contributed by atoms with van der Waals surface area (Å²) in [6.45, 7) is 5.05. The van der Waals surface area contributed by atoms with Gasteiger partial charge in [0.25, 0.3) is 0 Å². The van der Waals surface area contributed by atoms with Crippen LogP contribution in [0.5, 0.6) is 11.5 Å². The van der Waals surface area contributed by atoms with Crippen molar-refractivity contribution in [2.24, 2.45) is 0 Å².